The van der Waals surface area contributed by atoms with Crippen molar-refractivity contribution < 1.29 is 9.18 Å². The van der Waals surface area contributed by atoms with Crippen LogP contribution in [0.1, 0.15) is 53.5 Å². The number of hydrogen-bond donors (Lipinski definition) is 1. The Hall–Kier alpha value is -2.21. The highest BCUT2D eigenvalue weighted by molar-refractivity contribution is 7.20. The molecule has 1 aliphatic rings. The first-order chi connectivity index (χ1) is 13.0. The second kappa shape index (κ2) is 7.43. The maximum absolute atomic E-state index is 13.1. The molecule has 2 atom stereocenters. The first-order valence-corrected chi connectivity index (χ1v) is 10.3. The fraction of sp³-hybridized carbons (Fsp3) is 0.429. The van der Waals surface area contributed by atoms with E-state index in [0.717, 1.165) is 39.2 Å². The molecule has 3 aromatic rings. The summed E-state index contributed by atoms with van der Waals surface area (Å²) in [5.41, 5.74) is 1.89. The lowest BCUT2D eigenvalue weighted by Gasteiger charge is -2.27. The predicted molar refractivity (Wildman–Crippen MR) is 107 cm³/mol. The van der Waals surface area contributed by atoms with Crippen LogP contribution in [0.2, 0.25) is 0 Å². The highest BCUT2D eigenvalue weighted by Gasteiger charge is 2.23. The predicted octanol–water partition coefficient (Wildman–Crippen LogP) is 4.90. The lowest BCUT2D eigenvalue weighted by Crippen LogP contribution is -2.37. The van der Waals surface area contributed by atoms with Gasteiger partial charge in [0.15, 0.2) is 0 Å². The van der Waals surface area contributed by atoms with Crippen molar-refractivity contribution >= 4 is 27.5 Å². The third-order valence-electron chi connectivity index (χ3n) is 5.35. The van der Waals surface area contributed by atoms with Crippen LogP contribution in [0, 0.1) is 18.7 Å². The number of carbonyl (C=O) groups is 1. The minimum absolute atomic E-state index is 0.0167. The van der Waals surface area contributed by atoms with Gasteiger partial charge in [-0.25, -0.2) is 4.39 Å². The van der Waals surface area contributed by atoms with Crippen LogP contribution in [0.3, 0.4) is 0 Å². The highest BCUT2D eigenvalue weighted by Crippen LogP contribution is 2.30. The van der Waals surface area contributed by atoms with Gasteiger partial charge in [-0.15, -0.1) is 11.3 Å². The van der Waals surface area contributed by atoms with E-state index in [9.17, 15) is 9.18 Å². The molecule has 1 saturated carbocycles. The third-order valence-corrected chi connectivity index (χ3v) is 6.50. The number of halogens is 1. The summed E-state index contributed by atoms with van der Waals surface area (Å²) in [5.74, 6) is 0.452. The molecule has 1 amide bonds. The van der Waals surface area contributed by atoms with E-state index in [4.69, 9.17) is 0 Å². The molecule has 4 nitrogen and oxygen atoms in total. The van der Waals surface area contributed by atoms with E-state index in [-0.39, 0.29) is 17.8 Å². The Kier molecular flexibility index (Phi) is 5.00. The highest BCUT2D eigenvalue weighted by atomic mass is 32.1. The number of hydrogen-bond acceptors (Lipinski definition) is 3. The second-order valence-corrected chi connectivity index (χ2v) is 8.67. The topological polar surface area (TPSA) is 46.9 Å². The third kappa shape index (κ3) is 3.90. The molecule has 0 saturated heterocycles. The Morgan fingerprint density at radius 2 is 2.11 bits per heavy atom. The Balaban J connectivity index is 1.55. The van der Waals surface area contributed by atoms with Gasteiger partial charge in [-0.1, -0.05) is 31.9 Å². The Morgan fingerprint density at radius 1 is 1.33 bits per heavy atom. The summed E-state index contributed by atoms with van der Waals surface area (Å²) in [7, 11) is 0. The summed E-state index contributed by atoms with van der Waals surface area (Å²) in [6.45, 7) is 4.78. The van der Waals surface area contributed by atoms with Crippen molar-refractivity contribution in [1.82, 2.24) is 15.1 Å². The van der Waals surface area contributed by atoms with Crippen LogP contribution in [0.4, 0.5) is 4.39 Å². The summed E-state index contributed by atoms with van der Waals surface area (Å²) in [6, 6.07) is 8.68. The first-order valence-electron chi connectivity index (χ1n) is 9.52. The fourth-order valence-electron chi connectivity index (χ4n) is 3.92. The molecule has 142 valence electrons. The van der Waals surface area contributed by atoms with Crippen LogP contribution in [-0.4, -0.2) is 21.7 Å². The summed E-state index contributed by atoms with van der Waals surface area (Å²) < 4.78 is 15.0. The molecule has 0 bridgehead atoms. The molecular formula is C21H24FN3OS. The van der Waals surface area contributed by atoms with Gasteiger partial charge in [0.2, 0.25) is 0 Å². The zero-order valence-corrected chi connectivity index (χ0v) is 16.5. The molecule has 0 spiro atoms. The molecule has 4 rings (SSSR count). The van der Waals surface area contributed by atoms with E-state index in [1.54, 1.807) is 12.1 Å². The molecule has 1 fully saturated rings. The van der Waals surface area contributed by atoms with Gasteiger partial charge in [0.1, 0.15) is 10.6 Å². The number of benzene rings is 1. The van der Waals surface area contributed by atoms with Crippen LogP contribution < -0.4 is 5.32 Å². The van der Waals surface area contributed by atoms with Crippen LogP contribution in [0.15, 0.2) is 30.3 Å². The number of fused-ring (bicyclic) bond motifs is 1. The number of aryl methyl sites for hydroxylation is 1. The number of amides is 1. The van der Waals surface area contributed by atoms with Crippen molar-refractivity contribution in [2.45, 2.75) is 52.1 Å². The van der Waals surface area contributed by atoms with E-state index in [2.05, 4.69) is 17.3 Å². The molecule has 1 N–H and O–H groups in total. The van der Waals surface area contributed by atoms with Crippen molar-refractivity contribution in [2.75, 3.05) is 0 Å². The standard InChI is InChI=1S/C21H24FN3OS/c1-13-4-3-5-17(10-13)23-20(26)19-11-18-14(2)24-25(21(18)27-19)12-15-6-8-16(22)9-7-15/h6-9,11,13,17H,3-5,10,12H2,1-2H3,(H,23,26)/t13-,17-/m0/s1. The molecule has 0 radical (unpaired) electrons. The van der Waals surface area contributed by atoms with Crippen LogP contribution in [0.25, 0.3) is 10.2 Å². The zero-order valence-electron chi connectivity index (χ0n) is 15.7. The normalized spacial score (nSPS) is 20.1. The van der Waals surface area contributed by atoms with E-state index in [1.165, 1.54) is 36.3 Å². The Morgan fingerprint density at radius 3 is 2.85 bits per heavy atom. The molecule has 2 aromatic heterocycles. The number of thiophene rings is 1. The molecule has 6 heteroatoms. The number of carbonyl (C=O) groups excluding carboxylic acids is 1. The van der Waals surface area contributed by atoms with Crippen molar-refractivity contribution in [3.8, 4) is 0 Å². The number of nitrogens with zero attached hydrogens (tertiary/aromatic N) is 2. The fourth-order valence-corrected chi connectivity index (χ4v) is 4.98. The summed E-state index contributed by atoms with van der Waals surface area (Å²) in [4.78, 5) is 14.5. The monoisotopic (exact) mass is 385 g/mol. The van der Waals surface area contributed by atoms with E-state index < -0.39 is 0 Å². The Labute approximate surface area is 162 Å². The van der Waals surface area contributed by atoms with Gasteiger partial charge >= 0.3 is 0 Å². The van der Waals surface area contributed by atoms with Gasteiger partial charge in [-0.05, 0) is 49.4 Å². The van der Waals surface area contributed by atoms with Crippen molar-refractivity contribution in [1.29, 1.82) is 0 Å². The van der Waals surface area contributed by atoms with Gasteiger partial charge in [0, 0.05) is 11.4 Å². The zero-order chi connectivity index (χ0) is 19.0. The minimum atomic E-state index is -0.243. The molecule has 27 heavy (non-hydrogen) atoms. The van der Waals surface area contributed by atoms with Gasteiger partial charge in [0.25, 0.3) is 5.91 Å². The largest absolute Gasteiger partial charge is 0.349 e. The molecule has 1 aromatic carbocycles. The molecule has 0 unspecified atom stereocenters. The smallest absolute Gasteiger partial charge is 0.261 e. The summed E-state index contributed by atoms with van der Waals surface area (Å²) in [5, 5.41) is 8.82. The van der Waals surface area contributed by atoms with Crippen molar-refractivity contribution in [3.05, 3.63) is 52.3 Å². The number of nitrogens with one attached hydrogen (secondary N) is 1. The Bertz CT molecular complexity index is 960. The average molecular weight is 386 g/mol. The van der Waals surface area contributed by atoms with E-state index in [1.807, 2.05) is 17.7 Å². The van der Waals surface area contributed by atoms with Crippen molar-refractivity contribution in [3.63, 3.8) is 0 Å². The summed E-state index contributed by atoms with van der Waals surface area (Å²) in [6.07, 6.45) is 4.57. The molecule has 0 aliphatic heterocycles. The quantitative estimate of drug-likeness (QED) is 0.694. The van der Waals surface area contributed by atoms with Crippen LogP contribution in [0.5, 0.6) is 0 Å². The SMILES string of the molecule is Cc1nn(Cc2ccc(F)cc2)c2sc(C(=O)N[C@H]3CCC[C@H](C)C3)cc12. The maximum atomic E-state index is 13.1. The lowest BCUT2D eigenvalue weighted by atomic mass is 9.87. The van der Waals surface area contributed by atoms with Crippen LogP contribution in [-0.2, 0) is 6.54 Å². The van der Waals surface area contributed by atoms with E-state index >= 15 is 0 Å². The van der Waals surface area contributed by atoms with Crippen LogP contribution >= 0.6 is 11.3 Å². The van der Waals surface area contributed by atoms with Crippen molar-refractivity contribution in [2.24, 2.45) is 5.92 Å². The van der Waals surface area contributed by atoms with Gasteiger partial charge in [0.05, 0.1) is 17.1 Å². The minimum Gasteiger partial charge on any atom is -0.349 e. The molecular weight excluding hydrogens is 361 g/mol. The second-order valence-electron chi connectivity index (χ2n) is 7.64. The summed E-state index contributed by atoms with van der Waals surface area (Å²) >= 11 is 1.48. The van der Waals surface area contributed by atoms with Gasteiger partial charge in [-0.2, -0.15) is 5.10 Å². The number of rotatable bonds is 4. The van der Waals surface area contributed by atoms with E-state index in [0.29, 0.717) is 12.5 Å². The number of aromatic nitrogens is 2. The molecule has 1 aliphatic carbocycles. The average Bonchev–Trinajstić information content (AvgIpc) is 3.19. The maximum Gasteiger partial charge on any atom is 0.261 e. The van der Waals surface area contributed by atoms with Gasteiger partial charge in [-0.3, -0.25) is 9.48 Å². The molecule has 2 heterocycles. The first kappa shape index (κ1) is 18.2. The van der Waals surface area contributed by atoms with Gasteiger partial charge < -0.3 is 5.32 Å². The lowest BCUT2D eigenvalue weighted by molar-refractivity contribution is 0.0925.